The van der Waals surface area contributed by atoms with Crippen molar-refractivity contribution >= 4 is 21.9 Å². The van der Waals surface area contributed by atoms with E-state index in [1.165, 1.54) is 4.31 Å². The van der Waals surface area contributed by atoms with E-state index in [1.54, 1.807) is 4.90 Å². The molecule has 2 fully saturated rings. The number of amides is 1. The average Bonchev–Trinajstić information content (AvgIpc) is 2.51. The summed E-state index contributed by atoms with van der Waals surface area (Å²) in [6, 6.07) is -0.586. The average molecular weight is 346 g/mol. The van der Waals surface area contributed by atoms with E-state index < -0.39 is 22.0 Å². The van der Waals surface area contributed by atoms with Crippen molar-refractivity contribution in [3.63, 3.8) is 0 Å². The summed E-state index contributed by atoms with van der Waals surface area (Å²) in [7, 11) is -3.39. The first kappa shape index (κ1) is 18.2. The molecule has 8 heteroatoms. The first-order valence-electron chi connectivity index (χ1n) is 8.26. The zero-order valence-corrected chi connectivity index (χ0v) is 14.4. The van der Waals surface area contributed by atoms with Crippen molar-refractivity contribution in [1.82, 2.24) is 9.21 Å². The summed E-state index contributed by atoms with van der Waals surface area (Å²) in [6.45, 7) is 1.59. The second-order valence-electron chi connectivity index (χ2n) is 6.61. The Kier molecular flexibility index (Phi) is 6.02. The van der Waals surface area contributed by atoms with Crippen LogP contribution in [-0.2, 0) is 19.6 Å². The van der Waals surface area contributed by atoms with Gasteiger partial charge in [0.05, 0.1) is 6.26 Å². The lowest BCUT2D eigenvalue weighted by Crippen LogP contribution is -2.54. The topological polar surface area (TPSA) is 95.0 Å². The van der Waals surface area contributed by atoms with Crippen molar-refractivity contribution in [3.8, 4) is 0 Å². The number of rotatable bonds is 5. The summed E-state index contributed by atoms with van der Waals surface area (Å²) in [4.78, 5) is 25.2. The van der Waals surface area contributed by atoms with Crippen LogP contribution in [0.4, 0.5) is 0 Å². The van der Waals surface area contributed by atoms with Gasteiger partial charge in [0.1, 0.15) is 6.04 Å². The Hall–Kier alpha value is -1.15. The number of hydrogen-bond acceptors (Lipinski definition) is 4. The quantitative estimate of drug-likeness (QED) is 0.798. The summed E-state index contributed by atoms with van der Waals surface area (Å²) in [5, 5.41) is 8.79. The highest BCUT2D eigenvalue weighted by Crippen LogP contribution is 2.26. The van der Waals surface area contributed by atoms with Crippen LogP contribution in [0.15, 0.2) is 0 Å². The molecule has 0 saturated carbocycles. The normalized spacial score (nSPS) is 26.9. The number of piperidine rings is 2. The Bertz CT molecular complexity index is 548. The second kappa shape index (κ2) is 7.61. The number of likely N-dealkylation sites (tertiary alicyclic amines) is 1. The first-order chi connectivity index (χ1) is 10.8. The van der Waals surface area contributed by atoms with Crippen molar-refractivity contribution in [2.45, 2.75) is 51.0 Å². The number of carbonyl (C=O) groups excluding carboxylic acids is 1. The highest BCUT2D eigenvalue weighted by atomic mass is 32.2. The van der Waals surface area contributed by atoms with Crippen LogP contribution in [-0.4, -0.2) is 66.5 Å². The molecule has 132 valence electrons. The summed E-state index contributed by atoms with van der Waals surface area (Å²) in [5.74, 6) is -0.738. The third-order valence-electron chi connectivity index (χ3n) is 4.76. The van der Waals surface area contributed by atoms with Crippen LogP contribution in [0.1, 0.15) is 44.9 Å². The van der Waals surface area contributed by atoms with Crippen LogP contribution in [0, 0.1) is 5.92 Å². The third kappa shape index (κ3) is 4.91. The molecule has 0 aliphatic carbocycles. The molecule has 0 spiro atoms. The van der Waals surface area contributed by atoms with Crippen LogP contribution >= 0.6 is 0 Å². The van der Waals surface area contributed by atoms with E-state index in [4.69, 9.17) is 5.11 Å². The lowest BCUT2D eigenvalue weighted by atomic mass is 9.92. The van der Waals surface area contributed by atoms with E-state index >= 15 is 0 Å². The minimum atomic E-state index is -3.39. The molecule has 7 nitrogen and oxygen atoms in total. The summed E-state index contributed by atoms with van der Waals surface area (Å²) < 4.78 is 25.2. The fraction of sp³-hybridized carbons (Fsp3) is 0.867. The van der Waals surface area contributed by atoms with Crippen LogP contribution in [0.3, 0.4) is 0 Å². The maximum absolute atomic E-state index is 12.8. The standard InChI is InChI=1S/C15H26N2O5S/c1-23(21,22)17-10-3-2-6-13(17)15(20)16-9-4-5-12(11-16)7-8-14(18)19/h12-13H,2-11H2,1H3,(H,18,19)/t12-,13-/m1/s1. The minimum Gasteiger partial charge on any atom is -0.481 e. The van der Waals surface area contributed by atoms with Gasteiger partial charge in [0, 0.05) is 26.1 Å². The van der Waals surface area contributed by atoms with E-state index in [0.29, 0.717) is 32.5 Å². The summed E-state index contributed by atoms with van der Waals surface area (Å²) in [5.41, 5.74) is 0. The van der Waals surface area contributed by atoms with E-state index in [-0.39, 0.29) is 18.2 Å². The van der Waals surface area contributed by atoms with Crippen molar-refractivity contribution in [2.75, 3.05) is 25.9 Å². The Labute approximate surface area is 137 Å². The molecule has 2 saturated heterocycles. The molecule has 0 aromatic heterocycles. The largest absolute Gasteiger partial charge is 0.481 e. The monoisotopic (exact) mass is 346 g/mol. The molecule has 2 heterocycles. The lowest BCUT2D eigenvalue weighted by molar-refractivity contribution is -0.138. The molecule has 0 aromatic rings. The van der Waals surface area contributed by atoms with Crippen molar-refractivity contribution in [2.24, 2.45) is 5.92 Å². The third-order valence-corrected chi connectivity index (χ3v) is 6.05. The first-order valence-corrected chi connectivity index (χ1v) is 10.1. The predicted molar refractivity (Wildman–Crippen MR) is 85.4 cm³/mol. The molecule has 2 aliphatic rings. The molecule has 0 radical (unpaired) electrons. The zero-order chi connectivity index (χ0) is 17.0. The molecule has 0 bridgehead atoms. The fourth-order valence-corrected chi connectivity index (χ4v) is 4.71. The lowest BCUT2D eigenvalue weighted by Gasteiger charge is -2.39. The van der Waals surface area contributed by atoms with Gasteiger partial charge in [0.15, 0.2) is 0 Å². The number of carboxylic acids is 1. The van der Waals surface area contributed by atoms with Crippen molar-refractivity contribution in [3.05, 3.63) is 0 Å². The smallest absolute Gasteiger partial charge is 0.303 e. The SMILES string of the molecule is CS(=O)(=O)N1CCCC[C@@H]1C(=O)N1CCC[C@H](CCC(=O)O)C1. The molecule has 1 N–H and O–H groups in total. The van der Waals surface area contributed by atoms with Gasteiger partial charge in [-0.15, -0.1) is 0 Å². The molecular weight excluding hydrogens is 320 g/mol. The Balaban J connectivity index is 2.01. The number of aliphatic carboxylic acids is 1. The van der Waals surface area contributed by atoms with Gasteiger partial charge < -0.3 is 10.0 Å². The van der Waals surface area contributed by atoms with Gasteiger partial charge in [-0.25, -0.2) is 8.42 Å². The second-order valence-corrected chi connectivity index (χ2v) is 8.55. The van der Waals surface area contributed by atoms with Crippen LogP contribution in [0.25, 0.3) is 0 Å². The molecule has 1 amide bonds. The summed E-state index contributed by atoms with van der Waals surface area (Å²) in [6.07, 6.45) is 5.84. The maximum atomic E-state index is 12.8. The number of hydrogen-bond donors (Lipinski definition) is 1. The van der Waals surface area contributed by atoms with Gasteiger partial charge in [0.25, 0.3) is 0 Å². The van der Waals surface area contributed by atoms with Gasteiger partial charge >= 0.3 is 5.97 Å². The van der Waals surface area contributed by atoms with Crippen molar-refractivity contribution in [1.29, 1.82) is 0 Å². The van der Waals surface area contributed by atoms with Gasteiger partial charge in [-0.05, 0) is 38.0 Å². The zero-order valence-electron chi connectivity index (χ0n) is 13.6. The minimum absolute atomic E-state index is 0.116. The van der Waals surface area contributed by atoms with Crippen LogP contribution in [0.2, 0.25) is 0 Å². The van der Waals surface area contributed by atoms with Gasteiger partial charge in [-0.3, -0.25) is 9.59 Å². The van der Waals surface area contributed by atoms with Crippen LogP contribution < -0.4 is 0 Å². The Morgan fingerprint density at radius 1 is 1.13 bits per heavy atom. The van der Waals surface area contributed by atoms with E-state index in [0.717, 1.165) is 31.9 Å². The molecule has 23 heavy (non-hydrogen) atoms. The number of nitrogens with zero attached hydrogens (tertiary/aromatic N) is 2. The van der Waals surface area contributed by atoms with E-state index in [9.17, 15) is 18.0 Å². The highest BCUT2D eigenvalue weighted by Gasteiger charge is 2.37. The Morgan fingerprint density at radius 3 is 2.52 bits per heavy atom. The number of carbonyl (C=O) groups is 2. The Morgan fingerprint density at radius 2 is 1.87 bits per heavy atom. The van der Waals surface area contributed by atoms with Crippen LogP contribution in [0.5, 0.6) is 0 Å². The van der Waals surface area contributed by atoms with E-state index in [1.807, 2.05) is 0 Å². The van der Waals surface area contributed by atoms with Gasteiger partial charge in [-0.1, -0.05) is 6.42 Å². The van der Waals surface area contributed by atoms with Gasteiger partial charge in [-0.2, -0.15) is 4.31 Å². The number of sulfonamides is 1. The van der Waals surface area contributed by atoms with E-state index in [2.05, 4.69) is 0 Å². The molecular formula is C15H26N2O5S. The molecule has 2 rings (SSSR count). The molecule has 2 atom stereocenters. The highest BCUT2D eigenvalue weighted by molar-refractivity contribution is 7.88. The fourth-order valence-electron chi connectivity index (χ4n) is 3.59. The predicted octanol–water partition coefficient (Wildman–Crippen LogP) is 0.904. The van der Waals surface area contributed by atoms with Crippen molar-refractivity contribution < 1.29 is 23.1 Å². The maximum Gasteiger partial charge on any atom is 0.303 e. The van der Waals surface area contributed by atoms with Gasteiger partial charge in [0.2, 0.25) is 15.9 Å². The molecule has 0 unspecified atom stereocenters. The molecule has 2 aliphatic heterocycles. The molecule has 0 aromatic carbocycles. The summed E-state index contributed by atoms with van der Waals surface area (Å²) >= 11 is 0. The number of carboxylic acid groups (broad SMARTS) is 1.